The van der Waals surface area contributed by atoms with Crippen LogP contribution in [0.5, 0.6) is 0 Å². The number of nitrogens with zero attached hydrogens (tertiary/aromatic N) is 1. The molecule has 2 amide bonds. The van der Waals surface area contributed by atoms with Crippen LogP contribution in [0.2, 0.25) is 0 Å². The van der Waals surface area contributed by atoms with Crippen molar-refractivity contribution in [2.45, 2.75) is 52.1 Å². The molecule has 5 heteroatoms. The number of likely N-dealkylation sites (tertiary alicyclic amines) is 1. The number of carbonyl (C=O) groups excluding carboxylic acids is 2. The van der Waals surface area contributed by atoms with Crippen molar-refractivity contribution >= 4 is 11.8 Å². The molecular weight excluding hydrogens is 242 g/mol. The van der Waals surface area contributed by atoms with E-state index in [-0.39, 0.29) is 17.9 Å². The summed E-state index contributed by atoms with van der Waals surface area (Å²) in [5.41, 5.74) is 0. The Morgan fingerprint density at radius 2 is 2.05 bits per heavy atom. The van der Waals surface area contributed by atoms with E-state index in [4.69, 9.17) is 0 Å². The van der Waals surface area contributed by atoms with E-state index < -0.39 is 6.04 Å². The van der Waals surface area contributed by atoms with Crippen LogP contribution in [0.1, 0.15) is 40.0 Å². The lowest BCUT2D eigenvalue weighted by Gasteiger charge is -2.25. The second kappa shape index (κ2) is 7.48. The third-order valence-electron chi connectivity index (χ3n) is 3.66. The fourth-order valence-electron chi connectivity index (χ4n) is 2.65. The first-order chi connectivity index (χ1) is 8.99. The largest absolute Gasteiger partial charge is 0.357 e. The highest BCUT2D eigenvalue weighted by molar-refractivity contribution is 5.89. The van der Waals surface area contributed by atoms with E-state index in [1.54, 1.807) is 7.05 Å². The summed E-state index contributed by atoms with van der Waals surface area (Å²) in [5, 5.41) is 5.54. The SMILES string of the molecule is CCN1CCC[C@H]1C(=O)N[C@@H](CC(C)C)C(=O)NC. The van der Waals surface area contributed by atoms with Crippen molar-refractivity contribution in [2.75, 3.05) is 20.1 Å². The highest BCUT2D eigenvalue weighted by Gasteiger charge is 2.32. The molecule has 0 aliphatic carbocycles. The van der Waals surface area contributed by atoms with Gasteiger partial charge < -0.3 is 10.6 Å². The van der Waals surface area contributed by atoms with Crippen molar-refractivity contribution in [1.82, 2.24) is 15.5 Å². The topological polar surface area (TPSA) is 61.4 Å². The maximum atomic E-state index is 12.3. The highest BCUT2D eigenvalue weighted by atomic mass is 16.2. The van der Waals surface area contributed by atoms with Crippen molar-refractivity contribution in [1.29, 1.82) is 0 Å². The maximum Gasteiger partial charge on any atom is 0.242 e. The summed E-state index contributed by atoms with van der Waals surface area (Å²) >= 11 is 0. The molecule has 1 fully saturated rings. The van der Waals surface area contributed by atoms with Crippen LogP contribution < -0.4 is 10.6 Å². The Bertz CT molecular complexity index is 318. The Kier molecular flexibility index (Phi) is 6.28. The fraction of sp³-hybridized carbons (Fsp3) is 0.857. The zero-order chi connectivity index (χ0) is 14.4. The molecule has 0 aromatic heterocycles. The summed E-state index contributed by atoms with van der Waals surface area (Å²) in [7, 11) is 1.61. The van der Waals surface area contributed by atoms with Crippen molar-refractivity contribution in [2.24, 2.45) is 5.92 Å². The summed E-state index contributed by atoms with van der Waals surface area (Å²) in [6.45, 7) is 8.03. The van der Waals surface area contributed by atoms with Gasteiger partial charge in [-0.3, -0.25) is 14.5 Å². The number of rotatable bonds is 6. The predicted octanol–water partition coefficient (Wildman–Crippen LogP) is 0.748. The summed E-state index contributed by atoms with van der Waals surface area (Å²) in [6.07, 6.45) is 2.62. The average molecular weight is 269 g/mol. The summed E-state index contributed by atoms with van der Waals surface area (Å²) in [5.74, 6) is 0.255. The van der Waals surface area contributed by atoms with Crippen LogP contribution in [-0.4, -0.2) is 48.9 Å². The lowest BCUT2D eigenvalue weighted by atomic mass is 10.0. The first kappa shape index (κ1) is 16.0. The Morgan fingerprint density at radius 3 is 2.58 bits per heavy atom. The quantitative estimate of drug-likeness (QED) is 0.748. The summed E-state index contributed by atoms with van der Waals surface area (Å²) < 4.78 is 0. The van der Waals surface area contributed by atoms with Crippen LogP contribution in [0.3, 0.4) is 0 Å². The number of hydrogen-bond acceptors (Lipinski definition) is 3. The maximum absolute atomic E-state index is 12.3. The van der Waals surface area contributed by atoms with Gasteiger partial charge in [-0.1, -0.05) is 20.8 Å². The van der Waals surface area contributed by atoms with E-state index in [9.17, 15) is 9.59 Å². The van der Waals surface area contributed by atoms with E-state index in [1.807, 2.05) is 0 Å². The molecule has 0 unspecified atom stereocenters. The fourth-order valence-corrected chi connectivity index (χ4v) is 2.65. The van der Waals surface area contributed by atoms with E-state index in [0.717, 1.165) is 25.9 Å². The zero-order valence-electron chi connectivity index (χ0n) is 12.5. The molecule has 0 saturated carbocycles. The monoisotopic (exact) mass is 269 g/mol. The van der Waals surface area contributed by atoms with Crippen molar-refractivity contribution < 1.29 is 9.59 Å². The van der Waals surface area contributed by atoms with Gasteiger partial charge in [0.1, 0.15) is 6.04 Å². The van der Waals surface area contributed by atoms with Crippen LogP contribution >= 0.6 is 0 Å². The Balaban J connectivity index is 2.62. The second-order valence-electron chi connectivity index (χ2n) is 5.59. The van der Waals surface area contributed by atoms with Crippen LogP contribution in [0.25, 0.3) is 0 Å². The first-order valence-electron chi connectivity index (χ1n) is 7.25. The van der Waals surface area contributed by atoms with Crippen molar-refractivity contribution in [3.63, 3.8) is 0 Å². The minimum Gasteiger partial charge on any atom is -0.357 e. The molecule has 5 nitrogen and oxygen atoms in total. The number of carbonyl (C=O) groups is 2. The summed E-state index contributed by atoms with van der Waals surface area (Å²) in [4.78, 5) is 26.3. The van der Waals surface area contributed by atoms with Crippen molar-refractivity contribution in [3.05, 3.63) is 0 Å². The Hall–Kier alpha value is -1.10. The molecule has 0 radical (unpaired) electrons. The van der Waals surface area contributed by atoms with Gasteiger partial charge in [0.2, 0.25) is 11.8 Å². The Morgan fingerprint density at radius 1 is 1.37 bits per heavy atom. The lowest BCUT2D eigenvalue weighted by molar-refractivity contribution is -0.131. The minimum absolute atomic E-state index is 0.00593. The van der Waals surface area contributed by atoms with Gasteiger partial charge >= 0.3 is 0 Å². The molecule has 2 atom stereocenters. The molecule has 1 aliphatic heterocycles. The number of nitrogens with one attached hydrogen (secondary N) is 2. The average Bonchev–Trinajstić information content (AvgIpc) is 2.84. The predicted molar refractivity (Wildman–Crippen MR) is 75.7 cm³/mol. The zero-order valence-corrected chi connectivity index (χ0v) is 12.5. The van der Waals surface area contributed by atoms with Gasteiger partial charge in [-0.05, 0) is 38.3 Å². The van der Waals surface area contributed by atoms with E-state index >= 15 is 0 Å². The number of likely N-dealkylation sites (N-methyl/N-ethyl adjacent to an activating group) is 2. The van der Waals surface area contributed by atoms with Gasteiger partial charge in [0.05, 0.1) is 6.04 Å². The molecule has 2 N–H and O–H groups in total. The van der Waals surface area contributed by atoms with Gasteiger partial charge in [-0.15, -0.1) is 0 Å². The molecule has 0 aromatic rings. The van der Waals surface area contributed by atoms with E-state index in [0.29, 0.717) is 12.3 Å². The second-order valence-corrected chi connectivity index (χ2v) is 5.59. The van der Waals surface area contributed by atoms with Gasteiger partial charge in [0.25, 0.3) is 0 Å². The van der Waals surface area contributed by atoms with Gasteiger partial charge in [-0.2, -0.15) is 0 Å². The van der Waals surface area contributed by atoms with Gasteiger partial charge in [0.15, 0.2) is 0 Å². The molecule has 0 bridgehead atoms. The van der Waals surface area contributed by atoms with Crippen molar-refractivity contribution in [3.8, 4) is 0 Å². The molecule has 0 spiro atoms. The summed E-state index contributed by atoms with van der Waals surface area (Å²) in [6, 6.07) is -0.485. The molecular formula is C14H27N3O2. The molecule has 0 aromatic carbocycles. The normalized spacial score (nSPS) is 21.4. The molecule has 1 heterocycles. The molecule has 1 saturated heterocycles. The smallest absolute Gasteiger partial charge is 0.242 e. The molecule has 110 valence electrons. The minimum atomic E-state index is -0.420. The molecule has 19 heavy (non-hydrogen) atoms. The first-order valence-corrected chi connectivity index (χ1v) is 7.25. The number of amides is 2. The Labute approximate surface area is 116 Å². The lowest BCUT2D eigenvalue weighted by Crippen LogP contribution is -2.52. The van der Waals surface area contributed by atoms with Crippen LogP contribution in [0.15, 0.2) is 0 Å². The highest BCUT2D eigenvalue weighted by Crippen LogP contribution is 2.17. The molecule has 1 rings (SSSR count). The van der Waals surface area contributed by atoms with E-state index in [1.165, 1.54) is 0 Å². The van der Waals surface area contributed by atoms with Gasteiger partial charge in [-0.25, -0.2) is 0 Å². The van der Waals surface area contributed by atoms with Crippen LogP contribution in [0, 0.1) is 5.92 Å². The van der Waals surface area contributed by atoms with E-state index in [2.05, 4.69) is 36.3 Å². The van der Waals surface area contributed by atoms with Crippen LogP contribution in [-0.2, 0) is 9.59 Å². The van der Waals surface area contributed by atoms with Gasteiger partial charge in [0, 0.05) is 7.05 Å². The molecule has 1 aliphatic rings. The standard InChI is InChI=1S/C14H27N3O2/c1-5-17-8-6-7-12(17)14(19)16-11(9-10(2)3)13(18)15-4/h10-12H,5-9H2,1-4H3,(H,15,18)(H,16,19)/t11-,12-/m0/s1. The van der Waals surface area contributed by atoms with Crippen LogP contribution in [0.4, 0.5) is 0 Å². The third-order valence-corrected chi connectivity index (χ3v) is 3.66. The number of hydrogen-bond donors (Lipinski definition) is 2. The third kappa shape index (κ3) is 4.49.